The number of thiazole rings is 1. The molecule has 1 saturated carbocycles. The highest BCUT2D eigenvalue weighted by Gasteiger charge is 2.44. The molecular weight excluding hydrogens is 216 g/mol. The van der Waals surface area contributed by atoms with Crippen molar-refractivity contribution in [1.82, 2.24) is 10.3 Å². The summed E-state index contributed by atoms with van der Waals surface area (Å²) in [6, 6.07) is 0. The number of hydrogen-bond donors (Lipinski definition) is 1. The average molecular weight is 238 g/mol. The molecular formula is C13H22N2S. The Labute approximate surface area is 102 Å². The molecule has 1 fully saturated rings. The summed E-state index contributed by atoms with van der Waals surface area (Å²) >= 11 is 1.82. The zero-order valence-corrected chi connectivity index (χ0v) is 11.5. The van der Waals surface area contributed by atoms with E-state index in [2.05, 4.69) is 38.4 Å². The van der Waals surface area contributed by atoms with E-state index in [0.29, 0.717) is 5.92 Å². The third-order valence-electron chi connectivity index (χ3n) is 3.50. The van der Waals surface area contributed by atoms with E-state index in [1.807, 2.05) is 11.3 Å². The number of nitrogens with one attached hydrogen (secondary N) is 1. The van der Waals surface area contributed by atoms with Crippen molar-refractivity contribution in [3.8, 4) is 0 Å². The molecule has 1 heterocycles. The lowest BCUT2D eigenvalue weighted by atomic mass is 9.96. The summed E-state index contributed by atoms with van der Waals surface area (Å²) in [5.74, 6) is 1.33. The zero-order valence-electron chi connectivity index (χ0n) is 10.7. The standard InChI is InChI=1S/C13H22N2S/c1-5-14-13(4,10-6-7-10)12-15-11(8-16-12)9(2)3/h8-10,14H,5-7H2,1-4H3. The highest BCUT2D eigenvalue weighted by atomic mass is 32.1. The van der Waals surface area contributed by atoms with Crippen LogP contribution >= 0.6 is 11.3 Å². The summed E-state index contributed by atoms with van der Waals surface area (Å²) in [5, 5.41) is 7.14. The van der Waals surface area contributed by atoms with Gasteiger partial charge in [-0.3, -0.25) is 0 Å². The maximum absolute atomic E-state index is 4.82. The van der Waals surface area contributed by atoms with Gasteiger partial charge in [-0.25, -0.2) is 4.98 Å². The molecule has 1 aromatic rings. The molecule has 1 aliphatic rings. The minimum absolute atomic E-state index is 0.118. The van der Waals surface area contributed by atoms with E-state index in [0.717, 1.165) is 12.5 Å². The first-order chi connectivity index (χ1) is 7.58. The van der Waals surface area contributed by atoms with Gasteiger partial charge in [0.25, 0.3) is 0 Å². The molecule has 2 nitrogen and oxygen atoms in total. The van der Waals surface area contributed by atoms with Crippen LogP contribution in [0.4, 0.5) is 0 Å². The van der Waals surface area contributed by atoms with Crippen molar-refractivity contribution in [2.75, 3.05) is 6.54 Å². The molecule has 0 aromatic carbocycles. The molecule has 1 unspecified atom stereocenters. The second-order valence-electron chi connectivity index (χ2n) is 5.24. The number of nitrogens with zero attached hydrogens (tertiary/aromatic N) is 1. The Hall–Kier alpha value is -0.410. The number of hydrogen-bond acceptors (Lipinski definition) is 3. The molecule has 1 aliphatic carbocycles. The average Bonchev–Trinajstić information content (AvgIpc) is 2.95. The first kappa shape index (κ1) is 12.1. The van der Waals surface area contributed by atoms with Crippen molar-refractivity contribution in [1.29, 1.82) is 0 Å². The first-order valence-electron chi connectivity index (χ1n) is 6.28. The molecule has 90 valence electrons. The van der Waals surface area contributed by atoms with Gasteiger partial charge in [0.1, 0.15) is 5.01 Å². The maximum Gasteiger partial charge on any atom is 0.113 e. The van der Waals surface area contributed by atoms with Crippen LogP contribution in [0.25, 0.3) is 0 Å². The molecule has 0 amide bonds. The Balaban J connectivity index is 2.24. The van der Waals surface area contributed by atoms with Crippen LogP contribution in [0.1, 0.15) is 57.2 Å². The molecule has 1 atom stereocenters. The molecule has 0 radical (unpaired) electrons. The highest BCUT2D eigenvalue weighted by molar-refractivity contribution is 7.09. The lowest BCUT2D eigenvalue weighted by molar-refractivity contribution is 0.324. The van der Waals surface area contributed by atoms with Gasteiger partial charge in [-0.15, -0.1) is 11.3 Å². The van der Waals surface area contributed by atoms with Crippen LogP contribution in [0.15, 0.2) is 5.38 Å². The summed E-state index contributed by atoms with van der Waals surface area (Å²) in [5.41, 5.74) is 1.36. The van der Waals surface area contributed by atoms with Crippen LogP contribution in [0.5, 0.6) is 0 Å². The van der Waals surface area contributed by atoms with Gasteiger partial charge < -0.3 is 5.32 Å². The molecule has 16 heavy (non-hydrogen) atoms. The van der Waals surface area contributed by atoms with Gasteiger partial charge in [0.05, 0.1) is 11.2 Å². The van der Waals surface area contributed by atoms with E-state index in [-0.39, 0.29) is 5.54 Å². The molecule has 0 aliphatic heterocycles. The Morgan fingerprint density at radius 1 is 1.56 bits per heavy atom. The van der Waals surface area contributed by atoms with Crippen molar-refractivity contribution in [2.24, 2.45) is 5.92 Å². The normalized spacial score (nSPS) is 20.1. The summed E-state index contributed by atoms with van der Waals surface area (Å²) in [6.07, 6.45) is 2.69. The summed E-state index contributed by atoms with van der Waals surface area (Å²) < 4.78 is 0. The monoisotopic (exact) mass is 238 g/mol. The van der Waals surface area contributed by atoms with E-state index >= 15 is 0 Å². The van der Waals surface area contributed by atoms with E-state index in [1.54, 1.807) is 0 Å². The third-order valence-corrected chi connectivity index (χ3v) is 4.59. The van der Waals surface area contributed by atoms with E-state index in [4.69, 9.17) is 4.98 Å². The fourth-order valence-corrected chi connectivity index (χ4v) is 3.41. The maximum atomic E-state index is 4.82. The highest BCUT2D eigenvalue weighted by Crippen LogP contribution is 2.46. The number of rotatable bonds is 5. The predicted octanol–water partition coefficient (Wildman–Crippen LogP) is 3.50. The van der Waals surface area contributed by atoms with Gasteiger partial charge in [0.2, 0.25) is 0 Å². The quantitative estimate of drug-likeness (QED) is 0.849. The Morgan fingerprint density at radius 2 is 2.25 bits per heavy atom. The fourth-order valence-electron chi connectivity index (χ4n) is 2.21. The first-order valence-corrected chi connectivity index (χ1v) is 7.16. The SMILES string of the molecule is CCNC(C)(c1nc(C(C)C)cs1)C1CC1. The molecule has 2 rings (SSSR count). The van der Waals surface area contributed by atoms with Crippen LogP contribution in [-0.2, 0) is 5.54 Å². The van der Waals surface area contributed by atoms with Crippen LogP contribution in [0, 0.1) is 5.92 Å². The molecule has 1 aromatic heterocycles. The molecule has 0 bridgehead atoms. The summed E-state index contributed by atoms with van der Waals surface area (Å²) in [7, 11) is 0. The third kappa shape index (κ3) is 2.16. The Morgan fingerprint density at radius 3 is 2.69 bits per heavy atom. The summed E-state index contributed by atoms with van der Waals surface area (Å²) in [4.78, 5) is 4.82. The van der Waals surface area contributed by atoms with Crippen molar-refractivity contribution in [3.63, 3.8) is 0 Å². The largest absolute Gasteiger partial charge is 0.306 e. The van der Waals surface area contributed by atoms with Crippen LogP contribution in [0.3, 0.4) is 0 Å². The smallest absolute Gasteiger partial charge is 0.113 e. The van der Waals surface area contributed by atoms with Crippen molar-refractivity contribution < 1.29 is 0 Å². The predicted molar refractivity (Wildman–Crippen MR) is 70.0 cm³/mol. The van der Waals surface area contributed by atoms with Crippen molar-refractivity contribution in [3.05, 3.63) is 16.1 Å². The lowest BCUT2D eigenvalue weighted by Crippen LogP contribution is -2.41. The van der Waals surface area contributed by atoms with E-state index in [1.165, 1.54) is 23.5 Å². The molecule has 0 spiro atoms. The van der Waals surface area contributed by atoms with Gasteiger partial charge in [-0.05, 0) is 38.1 Å². The van der Waals surface area contributed by atoms with Gasteiger partial charge in [0.15, 0.2) is 0 Å². The minimum Gasteiger partial charge on any atom is -0.306 e. The second kappa shape index (κ2) is 4.46. The van der Waals surface area contributed by atoms with Crippen molar-refractivity contribution >= 4 is 11.3 Å². The Bertz CT molecular complexity index is 355. The van der Waals surface area contributed by atoms with E-state index < -0.39 is 0 Å². The van der Waals surface area contributed by atoms with Crippen LogP contribution in [-0.4, -0.2) is 11.5 Å². The van der Waals surface area contributed by atoms with Gasteiger partial charge >= 0.3 is 0 Å². The molecule has 3 heteroatoms. The van der Waals surface area contributed by atoms with E-state index in [9.17, 15) is 0 Å². The van der Waals surface area contributed by atoms with Gasteiger partial charge in [-0.2, -0.15) is 0 Å². The van der Waals surface area contributed by atoms with Gasteiger partial charge in [0, 0.05) is 5.38 Å². The topological polar surface area (TPSA) is 24.9 Å². The van der Waals surface area contributed by atoms with Crippen LogP contribution < -0.4 is 5.32 Å². The Kier molecular flexibility index (Phi) is 3.36. The molecule has 0 saturated heterocycles. The minimum atomic E-state index is 0.118. The molecule has 1 N–H and O–H groups in total. The van der Waals surface area contributed by atoms with Crippen molar-refractivity contribution in [2.45, 2.75) is 52.0 Å². The summed E-state index contributed by atoms with van der Waals surface area (Å²) in [6.45, 7) is 9.93. The number of aromatic nitrogens is 1. The fraction of sp³-hybridized carbons (Fsp3) is 0.769. The second-order valence-corrected chi connectivity index (χ2v) is 6.10. The van der Waals surface area contributed by atoms with Crippen LogP contribution in [0.2, 0.25) is 0 Å². The lowest BCUT2D eigenvalue weighted by Gasteiger charge is -2.28. The zero-order chi connectivity index (χ0) is 11.8. The van der Waals surface area contributed by atoms with Gasteiger partial charge in [-0.1, -0.05) is 20.8 Å².